The van der Waals surface area contributed by atoms with Gasteiger partial charge in [0.25, 0.3) is 5.56 Å². The first-order chi connectivity index (χ1) is 6.11. The van der Waals surface area contributed by atoms with Gasteiger partial charge in [-0.25, -0.2) is 4.68 Å². The van der Waals surface area contributed by atoms with E-state index in [4.69, 9.17) is 0 Å². The molecule has 1 N–H and O–H groups in total. The molecule has 0 fully saturated rings. The molecule has 3 nitrogen and oxygen atoms in total. The van der Waals surface area contributed by atoms with Crippen LogP contribution in [0.1, 0.15) is 44.0 Å². The Labute approximate surface area is 78.8 Å². The molecule has 1 rings (SSSR count). The van der Waals surface area contributed by atoms with Gasteiger partial charge in [-0.15, -0.1) is 0 Å². The second kappa shape index (κ2) is 3.81. The Balaban J connectivity index is 3.14. The summed E-state index contributed by atoms with van der Waals surface area (Å²) in [5.74, 6) is 0. The van der Waals surface area contributed by atoms with E-state index in [1.165, 1.54) is 0 Å². The highest BCUT2D eigenvalue weighted by Gasteiger charge is 2.12. The molecule has 0 aliphatic heterocycles. The lowest BCUT2D eigenvalue weighted by Gasteiger charge is -2.12. The molecule has 3 heteroatoms. The second-order valence-corrected chi connectivity index (χ2v) is 3.51. The van der Waals surface area contributed by atoms with Crippen LogP contribution in [0.25, 0.3) is 0 Å². The van der Waals surface area contributed by atoms with Crippen LogP contribution in [0.3, 0.4) is 0 Å². The van der Waals surface area contributed by atoms with Crippen LogP contribution in [0.5, 0.6) is 0 Å². The molecule has 1 aromatic rings. The standard InChI is InChI=1S/C10H18N2O/c1-5-9(6-2)12-10(13)7(3)8(4)11-12/h9,11H,5-6H2,1-4H3. The van der Waals surface area contributed by atoms with E-state index >= 15 is 0 Å². The molecular weight excluding hydrogens is 164 g/mol. The van der Waals surface area contributed by atoms with Gasteiger partial charge in [0.05, 0.1) is 6.04 Å². The highest BCUT2D eigenvalue weighted by molar-refractivity contribution is 5.13. The maximum absolute atomic E-state index is 11.7. The Kier molecular flexibility index (Phi) is 2.96. The van der Waals surface area contributed by atoms with E-state index in [9.17, 15) is 4.79 Å². The van der Waals surface area contributed by atoms with Crippen molar-refractivity contribution in [3.05, 3.63) is 21.6 Å². The molecule has 1 aromatic heterocycles. The predicted molar refractivity (Wildman–Crippen MR) is 54.1 cm³/mol. The van der Waals surface area contributed by atoms with Gasteiger partial charge in [-0.2, -0.15) is 0 Å². The molecule has 0 saturated heterocycles. The van der Waals surface area contributed by atoms with Crippen LogP contribution < -0.4 is 5.56 Å². The summed E-state index contributed by atoms with van der Waals surface area (Å²) in [7, 11) is 0. The van der Waals surface area contributed by atoms with Crippen LogP contribution in [0, 0.1) is 13.8 Å². The van der Waals surface area contributed by atoms with Crippen molar-refractivity contribution in [2.45, 2.75) is 46.6 Å². The number of aromatic nitrogens is 2. The summed E-state index contributed by atoms with van der Waals surface area (Å²) in [4.78, 5) is 11.7. The van der Waals surface area contributed by atoms with Crippen LogP contribution in [0.15, 0.2) is 4.79 Å². The summed E-state index contributed by atoms with van der Waals surface area (Å²) in [5.41, 5.74) is 1.95. The molecule has 0 amide bonds. The van der Waals surface area contributed by atoms with E-state index in [0.29, 0.717) is 6.04 Å². The first kappa shape index (κ1) is 10.1. The number of hydrogen-bond donors (Lipinski definition) is 1. The van der Waals surface area contributed by atoms with Crippen LogP contribution in [0.2, 0.25) is 0 Å². The summed E-state index contributed by atoms with van der Waals surface area (Å²) in [5, 5.41) is 3.12. The lowest BCUT2D eigenvalue weighted by molar-refractivity contribution is 0.416. The molecule has 0 aromatic carbocycles. The molecule has 0 radical (unpaired) electrons. The zero-order chi connectivity index (χ0) is 10.0. The summed E-state index contributed by atoms with van der Waals surface area (Å²) in [6.45, 7) is 8.01. The molecular formula is C10H18N2O. The SMILES string of the molecule is CCC(CC)n1[nH]c(C)c(C)c1=O. The number of H-pyrrole nitrogens is 1. The van der Waals surface area contributed by atoms with E-state index in [1.807, 2.05) is 13.8 Å². The smallest absolute Gasteiger partial charge is 0.269 e. The molecule has 0 aliphatic carbocycles. The van der Waals surface area contributed by atoms with Gasteiger partial charge in [0.2, 0.25) is 0 Å². The number of nitrogens with one attached hydrogen (secondary N) is 1. The topological polar surface area (TPSA) is 37.8 Å². The quantitative estimate of drug-likeness (QED) is 0.764. The van der Waals surface area contributed by atoms with Crippen molar-refractivity contribution in [1.82, 2.24) is 9.78 Å². The van der Waals surface area contributed by atoms with Crippen molar-refractivity contribution < 1.29 is 0 Å². The van der Waals surface area contributed by atoms with Crippen LogP contribution >= 0.6 is 0 Å². The predicted octanol–water partition coefficient (Wildman–Crippen LogP) is 2.15. The Hall–Kier alpha value is -0.990. The molecule has 0 atom stereocenters. The first-order valence-electron chi connectivity index (χ1n) is 4.89. The zero-order valence-electron chi connectivity index (χ0n) is 8.85. The second-order valence-electron chi connectivity index (χ2n) is 3.51. The van der Waals surface area contributed by atoms with Crippen LogP contribution in [-0.4, -0.2) is 9.78 Å². The van der Waals surface area contributed by atoms with Gasteiger partial charge in [-0.3, -0.25) is 9.89 Å². The number of rotatable bonds is 3. The summed E-state index contributed by atoms with van der Waals surface area (Å²) in [6.07, 6.45) is 1.99. The Morgan fingerprint density at radius 3 is 2.15 bits per heavy atom. The van der Waals surface area contributed by atoms with Gasteiger partial charge in [0.1, 0.15) is 0 Å². The highest BCUT2D eigenvalue weighted by atomic mass is 16.1. The average Bonchev–Trinajstić information content (AvgIpc) is 2.36. The molecule has 0 unspecified atom stereocenters. The average molecular weight is 182 g/mol. The molecule has 0 saturated carbocycles. The Bertz CT molecular complexity index is 331. The summed E-state index contributed by atoms with van der Waals surface area (Å²) in [6, 6.07) is 0.319. The minimum Gasteiger partial charge on any atom is -0.299 e. The van der Waals surface area contributed by atoms with Crippen molar-refractivity contribution in [2.24, 2.45) is 0 Å². The van der Waals surface area contributed by atoms with Crippen molar-refractivity contribution in [1.29, 1.82) is 0 Å². The molecule has 0 aliphatic rings. The Morgan fingerprint density at radius 2 is 1.85 bits per heavy atom. The summed E-state index contributed by atoms with van der Waals surface area (Å²) >= 11 is 0. The third-order valence-corrected chi connectivity index (χ3v) is 2.70. The van der Waals surface area contributed by atoms with Crippen molar-refractivity contribution >= 4 is 0 Å². The number of hydrogen-bond acceptors (Lipinski definition) is 1. The van der Waals surface area contributed by atoms with E-state index in [1.54, 1.807) is 4.68 Å². The van der Waals surface area contributed by atoms with Gasteiger partial charge in [0, 0.05) is 11.3 Å². The van der Waals surface area contributed by atoms with Crippen LogP contribution in [-0.2, 0) is 0 Å². The van der Waals surface area contributed by atoms with E-state index in [2.05, 4.69) is 18.9 Å². The number of aryl methyl sites for hydroxylation is 1. The third-order valence-electron chi connectivity index (χ3n) is 2.70. The lowest BCUT2D eigenvalue weighted by Crippen LogP contribution is -2.22. The van der Waals surface area contributed by atoms with Gasteiger partial charge in [0.15, 0.2) is 0 Å². The summed E-state index contributed by atoms with van der Waals surface area (Å²) < 4.78 is 1.75. The van der Waals surface area contributed by atoms with Gasteiger partial charge in [-0.1, -0.05) is 13.8 Å². The highest BCUT2D eigenvalue weighted by Crippen LogP contribution is 2.12. The minimum absolute atomic E-state index is 0.131. The fourth-order valence-electron chi connectivity index (χ4n) is 1.57. The van der Waals surface area contributed by atoms with Crippen molar-refractivity contribution in [2.75, 3.05) is 0 Å². The fourth-order valence-corrected chi connectivity index (χ4v) is 1.57. The molecule has 0 bridgehead atoms. The van der Waals surface area contributed by atoms with Gasteiger partial charge < -0.3 is 0 Å². The largest absolute Gasteiger partial charge is 0.299 e. The third kappa shape index (κ3) is 1.69. The normalized spacial score (nSPS) is 11.2. The zero-order valence-corrected chi connectivity index (χ0v) is 8.85. The van der Waals surface area contributed by atoms with Crippen molar-refractivity contribution in [3.8, 4) is 0 Å². The van der Waals surface area contributed by atoms with E-state index in [0.717, 1.165) is 24.1 Å². The molecule has 1 heterocycles. The van der Waals surface area contributed by atoms with Crippen molar-refractivity contribution in [3.63, 3.8) is 0 Å². The molecule has 0 spiro atoms. The fraction of sp³-hybridized carbons (Fsp3) is 0.700. The molecule has 74 valence electrons. The molecule has 13 heavy (non-hydrogen) atoms. The van der Waals surface area contributed by atoms with Gasteiger partial charge >= 0.3 is 0 Å². The number of nitrogens with zero attached hydrogens (tertiary/aromatic N) is 1. The maximum atomic E-state index is 11.7. The monoisotopic (exact) mass is 182 g/mol. The maximum Gasteiger partial charge on any atom is 0.269 e. The minimum atomic E-state index is 0.131. The van der Waals surface area contributed by atoms with Crippen LogP contribution in [0.4, 0.5) is 0 Å². The van der Waals surface area contributed by atoms with E-state index < -0.39 is 0 Å². The van der Waals surface area contributed by atoms with E-state index in [-0.39, 0.29) is 5.56 Å². The number of aromatic amines is 1. The first-order valence-corrected chi connectivity index (χ1v) is 4.89. The van der Waals surface area contributed by atoms with Gasteiger partial charge in [-0.05, 0) is 26.7 Å². The Morgan fingerprint density at radius 1 is 1.31 bits per heavy atom. The lowest BCUT2D eigenvalue weighted by atomic mass is 10.2.